The van der Waals surface area contributed by atoms with Gasteiger partial charge in [-0.1, -0.05) is 0 Å². The summed E-state index contributed by atoms with van der Waals surface area (Å²) in [7, 11) is 4.54. The van der Waals surface area contributed by atoms with Crippen molar-refractivity contribution >= 4 is 36.6 Å². The van der Waals surface area contributed by atoms with Crippen LogP contribution in [0.1, 0.15) is 18.1 Å². The van der Waals surface area contributed by atoms with Gasteiger partial charge >= 0.3 is 0 Å². The van der Waals surface area contributed by atoms with Gasteiger partial charge in [0.2, 0.25) is 11.8 Å². The Morgan fingerprint density at radius 2 is 1.35 bits per heavy atom. The molecule has 8 nitrogen and oxygen atoms in total. The fourth-order valence-corrected chi connectivity index (χ4v) is 2.85. The Labute approximate surface area is 158 Å². The third kappa shape index (κ3) is 3.10. The number of aromatic nitrogens is 4. The van der Waals surface area contributed by atoms with Gasteiger partial charge in [-0.3, -0.25) is 27.9 Å². The summed E-state index contributed by atoms with van der Waals surface area (Å²) in [6.07, 6.45) is 2.46. The van der Waals surface area contributed by atoms with Crippen molar-refractivity contribution < 1.29 is 10.2 Å². The molecule has 0 spiro atoms. The number of nitrogens with zero attached hydrogens (tertiary/aromatic N) is 4. The molecule has 0 aliphatic rings. The molecule has 2 aromatic rings. The molecule has 0 saturated heterocycles. The molecule has 0 amide bonds. The molecule has 0 saturated carbocycles. The first-order chi connectivity index (χ1) is 12.1. The van der Waals surface area contributed by atoms with E-state index in [9.17, 15) is 19.8 Å². The standard InChI is InChI=1S/C16H18N4O4S2/c1-5-20-14(24)10(13(23)19(4)16(20)26)8-6-7-9-11(21)17(2)15(25)18(3)12(9)22/h7-8,21,23H,5H2,1-4H3. The van der Waals surface area contributed by atoms with E-state index in [4.69, 9.17) is 24.4 Å². The minimum Gasteiger partial charge on any atom is -0.494 e. The lowest BCUT2D eigenvalue weighted by molar-refractivity contribution is 0.411. The molecular formula is C16H18N4O4S2. The van der Waals surface area contributed by atoms with E-state index in [1.54, 1.807) is 6.92 Å². The van der Waals surface area contributed by atoms with Crippen LogP contribution in [0.2, 0.25) is 0 Å². The Bertz CT molecular complexity index is 1190. The van der Waals surface area contributed by atoms with Gasteiger partial charge in [-0.05, 0) is 43.5 Å². The molecule has 10 heteroatoms. The molecule has 2 rings (SSSR count). The number of hydrogen-bond donors (Lipinski definition) is 2. The summed E-state index contributed by atoms with van der Waals surface area (Å²) in [5, 5.41) is 20.3. The predicted octanol–water partition coefficient (Wildman–Crippen LogP) is 1.44. The number of aromatic hydroxyl groups is 2. The van der Waals surface area contributed by atoms with Crippen molar-refractivity contribution in [1.82, 2.24) is 18.3 Å². The van der Waals surface area contributed by atoms with Crippen LogP contribution in [0.3, 0.4) is 0 Å². The van der Waals surface area contributed by atoms with E-state index in [1.165, 1.54) is 51.6 Å². The second-order valence-corrected chi connectivity index (χ2v) is 6.26. The summed E-state index contributed by atoms with van der Waals surface area (Å²) in [5.41, 5.74) is 1.61. The molecule has 0 unspecified atom stereocenters. The first-order valence-electron chi connectivity index (χ1n) is 7.57. The van der Waals surface area contributed by atoms with Crippen LogP contribution >= 0.6 is 24.4 Å². The van der Waals surface area contributed by atoms with Crippen LogP contribution in [0, 0.1) is 9.54 Å². The zero-order valence-corrected chi connectivity index (χ0v) is 16.3. The maximum Gasteiger partial charge on any atom is 0.266 e. The SMILES string of the molecule is CCn1c(=O)c(C=C=Cc2c(O)n(C)c(=S)n(C)c2=O)c(O)n(C)c1=S. The van der Waals surface area contributed by atoms with Crippen LogP contribution in [-0.4, -0.2) is 28.5 Å². The third-order valence-electron chi connectivity index (χ3n) is 3.99. The van der Waals surface area contributed by atoms with Gasteiger partial charge in [0, 0.05) is 27.7 Å². The molecule has 0 radical (unpaired) electrons. The monoisotopic (exact) mass is 394 g/mol. The highest BCUT2D eigenvalue weighted by molar-refractivity contribution is 7.71. The third-order valence-corrected chi connectivity index (χ3v) is 5.03. The highest BCUT2D eigenvalue weighted by atomic mass is 32.1. The first-order valence-corrected chi connectivity index (χ1v) is 8.39. The summed E-state index contributed by atoms with van der Waals surface area (Å²) in [6, 6.07) is 0. The Balaban J connectivity index is 2.73. The van der Waals surface area contributed by atoms with E-state index in [0.29, 0.717) is 6.54 Å². The zero-order valence-electron chi connectivity index (χ0n) is 14.7. The van der Waals surface area contributed by atoms with Crippen molar-refractivity contribution in [1.29, 1.82) is 0 Å². The van der Waals surface area contributed by atoms with E-state index >= 15 is 0 Å². The minimum atomic E-state index is -0.506. The lowest BCUT2D eigenvalue weighted by atomic mass is 10.2. The maximum absolute atomic E-state index is 12.4. The molecule has 0 aromatic carbocycles. The normalized spacial score (nSPS) is 10.5. The molecular weight excluding hydrogens is 376 g/mol. The van der Waals surface area contributed by atoms with Crippen LogP contribution in [0.4, 0.5) is 0 Å². The van der Waals surface area contributed by atoms with Crippen molar-refractivity contribution in [3.8, 4) is 11.8 Å². The number of hydrogen-bond acceptors (Lipinski definition) is 6. The van der Waals surface area contributed by atoms with E-state index in [-0.39, 0.29) is 32.4 Å². The van der Waals surface area contributed by atoms with Gasteiger partial charge < -0.3 is 10.2 Å². The first kappa shape index (κ1) is 19.6. The molecule has 2 heterocycles. The number of rotatable bonds is 3. The maximum atomic E-state index is 12.4. The Morgan fingerprint density at radius 3 is 1.85 bits per heavy atom. The summed E-state index contributed by atoms with van der Waals surface area (Å²) in [6.45, 7) is 2.10. The summed E-state index contributed by atoms with van der Waals surface area (Å²) >= 11 is 10.2. The zero-order chi connectivity index (χ0) is 19.8. The summed E-state index contributed by atoms with van der Waals surface area (Å²) < 4.78 is 5.45. The van der Waals surface area contributed by atoms with Gasteiger partial charge in [-0.2, -0.15) is 0 Å². The highest BCUT2D eigenvalue weighted by Crippen LogP contribution is 2.16. The fraction of sp³-hybridized carbons (Fsp3) is 0.312. The van der Waals surface area contributed by atoms with Crippen molar-refractivity contribution in [3.05, 3.63) is 47.1 Å². The van der Waals surface area contributed by atoms with E-state index in [2.05, 4.69) is 5.73 Å². The van der Waals surface area contributed by atoms with Crippen LogP contribution in [0.25, 0.3) is 12.2 Å². The molecule has 0 aliphatic carbocycles. The van der Waals surface area contributed by atoms with Gasteiger partial charge in [0.15, 0.2) is 9.54 Å². The topological polar surface area (TPSA) is 94.3 Å². The van der Waals surface area contributed by atoms with Gasteiger partial charge in [-0.25, -0.2) is 0 Å². The quantitative estimate of drug-likeness (QED) is 0.604. The van der Waals surface area contributed by atoms with Crippen LogP contribution < -0.4 is 11.1 Å². The summed E-state index contributed by atoms with van der Waals surface area (Å²) in [4.78, 5) is 24.7. The highest BCUT2D eigenvalue weighted by Gasteiger charge is 2.12. The molecule has 0 bridgehead atoms. The molecule has 0 fully saturated rings. The van der Waals surface area contributed by atoms with Gasteiger partial charge in [0.25, 0.3) is 11.1 Å². The molecule has 26 heavy (non-hydrogen) atoms. The van der Waals surface area contributed by atoms with Crippen molar-refractivity contribution in [2.24, 2.45) is 21.1 Å². The van der Waals surface area contributed by atoms with Crippen LogP contribution in [0.15, 0.2) is 15.3 Å². The second-order valence-electron chi connectivity index (χ2n) is 5.53. The van der Waals surface area contributed by atoms with Crippen LogP contribution in [0.5, 0.6) is 11.8 Å². The van der Waals surface area contributed by atoms with E-state index in [1.807, 2.05) is 0 Å². The average Bonchev–Trinajstić information content (AvgIpc) is 2.62. The van der Waals surface area contributed by atoms with E-state index < -0.39 is 11.1 Å². The lowest BCUT2D eigenvalue weighted by Crippen LogP contribution is -2.25. The van der Waals surface area contributed by atoms with Crippen molar-refractivity contribution in [3.63, 3.8) is 0 Å². The van der Waals surface area contributed by atoms with Crippen LogP contribution in [-0.2, 0) is 27.7 Å². The van der Waals surface area contributed by atoms with E-state index in [0.717, 1.165) is 0 Å². The van der Waals surface area contributed by atoms with Crippen molar-refractivity contribution in [2.45, 2.75) is 13.5 Å². The minimum absolute atomic E-state index is 0.0280. The van der Waals surface area contributed by atoms with Gasteiger partial charge in [0.1, 0.15) is 11.1 Å². The lowest BCUT2D eigenvalue weighted by Gasteiger charge is -2.11. The van der Waals surface area contributed by atoms with Gasteiger partial charge in [0.05, 0.1) is 0 Å². The smallest absolute Gasteiger partial charge is 0.266 e. The fourth-order valence-electron chi connectivity index (χ4n) is 2.38. The van der Waals surface area contributed by atoms with Gasteiger partial charge in [-0.15, -0.1) is 5.73 Å². The average molecular weight is 394 g/mol. The predicted molar refractivity (Wildman–Crippen MR) is 103 cm³/mol. The Kier molecular flexibility index (Phi) is 5.50. The largest absolute Gasteiger partial charge is 0.494 e. The molecule has 0 aliphatic heterocycles. The molecule has 0 atom stereocenters. The second kappa shape index (κ2) is 7.28. The summed E-state index contributed by atoms with van der Waals surface area (Å²) in [5.74, 6) is -0.630. The Hall–Kier alpha value is -2.68. The van der Waals surface area contributed by atoms with Crippen molar-refractivity contribution in [2.75, 3.05) is 0 Å². The molecule has 2 N–H and O–H groups in total. The Morgan fingerprint density at radius 1 is 0.885 bits per heavy atom. The molecule has 2 aromatic heterocycles. The molecule has 138 valence electrons.